The van der Waals surface area contributed by atoms with Crippen LogP contribution in [-0.2, 0) is 6.42 Å². The van der Waals surface area contributed by atoms with Gasteiger partial charge in [-0.25, -0.2) is 0 Å². The molecule has 1 radical (unpaired) electrons. The van der Waals surface area contributed by atoms with E-state index in [1.54, 1.807) is 0 Å². The van der Waals surface area contributed by atoms with E-state index in [9.17, 15) is 0 Å². The summed E-state index contributed by atoms with van der Waals surface area (Å²) in [5.74, 6) is 0. The van der Waals surface area contributed by atoms with Gasteiger partial charge in [-0.1, -0.05) is 53.2 Å². The second kappa shape index (κ2) is 4.63. The Labute approximate surface area is 99.1 Å². The number of benzene rings is 2. The van der Waals surface area contributed by atoms with Gasteiger partial charge in [-0.05, 0) is 41.3 Å². The van der Waals surface area contributed by atoms with Crippen molar-refractivity contribution in [3.05, 3.63) is 58.6 Å². The zero-order valence-electron chi connectivity index (χ0n) is 8.63. The van der Waals surface area contributed by atoms with Crippen molar-refractivity contribution in [3.8, 4) is 11.1 Å². The molecule has 2 aromatic carbocycles. The minimum Gasteiger partial charge on any atom is -0.0613 e. The van der Waals surface area contributed by atoms with Gasteiger partial charge in [-0.15, -0.1) is 0 Å². The van der Waals surface area contributed by atoms with Gasteiger partial charge in [-0.2, -0.15) is 0 Å². The third-order valence-electron chi connectivity index (χ3n) is 2.47. The Hall–Kier alpha value is -1.08. The van der Waals surface area contributed by atoms with Crippen molar-refractivity contribution in [1.29, 1.82) is 0 Å². The highest BCUT2D eigenvalue weighted by Crippen LogP contribution is 2.21. The Balaban J connectivity index is 2.33. The van der Waals surface area contributed by atoms with Crippen molar-refractivity contribution in [2.45, 2.75) is 13.3 Å². The molecule has 2 rings (SSSR count). The minimum absolute atomic E-state index is 0.997. The number of hydrogen-bond donors (Lipinski definition) is 0. The van der Waals surface area contributed by atoms with Gasteiger partial charge in [0.1, 0.15) is 0 Å². The summed E-state index contributed by atoms with van der Waals surface area (Å²) in [6.45, 7) is 2.17. The fraction of sp³-hybridized carbons (Fsp3) is 0.143. The first kappa shape index (κ1) is 10.4. The molecule has 0 aliphatic rings. The SMILES string of the molecule is CCc1ccc(-c2c[c]c(Br)cc2)cc1. The second-order valence-corrected chi connectivity index (χ2v) is 4.33. The Morgan fingerprint density at radius 2 is 1.67 bits per heavy atom. The molecule has 0 N–H and O–H groups in total. The number of aryl methyl sites for hydroxylation is 1. The number of halogens is 1. The molecule has 0 amide bonds. The van der Waals surface area contributed by atoms with Crippen molar-refractivity contribution < 1.29 is 0 Å². The topological polar surface area (TPSA) is 0 Å². The maximum absolute atomic E-state index is 3.39. The normalized spacial score (nSPS) is 10.3. The lowest BCUT2D eigenvalue weighted by Gasteiger charge is -2.02. The molecule has 75 valence electrons. The minimum atomic E-state index is 0.997. The van der Waals surface area contributed by atoms with Crippen LogP contribution in [0.15, 0.2) is 46.9 Å². The van der Waals surface area contributed by atoms with Gasteiger partial charge in [0, 0.05) is 4.47 Å². The van der Waals surface area contributed by atoms with Gasteiger partial charge >= 0.3 is 0 Å². The van der Waals surface area contributed by atoms with E-state index in [0.29, 0.717) is 0 Å². The van der Waals surface area contributed by atoms with Crippen LogP contribution >= 0.6 is 15.9 Å². The largest absolute Gasteiger partial charge is 0.0613 e. The van der Waals surface area contributed by atoms with E-state index < -0.39 is 0 Å². The summed E-state index contributed by atoms with van der Waals surface area (Å²) in [5.41, 5.74) is 3.83. The summed E-state index contributed by atoms with van der Waals surface area (Å²) in [7, 11) is 0. The van der Waals surface area contributed by atoms with Crippen molar-refractivity contribution in [2.75, 3.05) is 0 Å². The molecule has 15 heavy (non-hydrogen) atoms. The molecule has 0 fully saturated rings. The Kier molecular flexibility index (Phi) is 3.22. The van der Waals surface area contributed by atoms with Gasteiger partial charge in [0.05, 0.1) is 0 Å². The predicted molar refractivity (Wildman–Crippen MR) is 67.8 cm³/mol. The van der Waals surface area contributed by atoms with Crippen LogP contribution in [0.1, 0.15) is 12.5 Å². The molecule has 0 nitrogen and oxygen atoms in total. The van der Waals surface area contributed by atoms with Crippen LogP contribution in [0.5, 0.6) is 0 Å². The smallest absolute Gasteiger partial charge is 0.0254 e. The molecule has 0 unspecified atom stereocenters. The summed E-state index contributed by atoms with van der Waals surface area (Å²) >= 11 is 3.39. The first-order chi connectivity index (χ1) is 7.29. The average molecular weight is 260 g/mol. The lowest BCUT2D eigenvalue weighted by molar-refractivity contribution is 1.14. The lowest BCUT2D eigenvalue weighted by Crippen LogP contribution is -1.81. The fourth-order valence-corrected chi connectivity index (χ4v) is 1.76. The highest BCUT2D eigenvalue weighted by molar-refractivity contribution is 9.10. The van der Waals surface area contributed by atoms with Crippen LogP contribution in [0.3, 0.4) is 0 Å². The maximum Gasteiger partial charge on any atom is 0.0254 e. The summed E-state index contributed by atoms with van der Waals surface area (Å²) in [6, 6.07) is 17.9. The Morgan fingerprint density at radius 3 is 2.20 bits per heavy atom. The van der Waals surface area contributed by atoms with Crippen LogP contribution in [0.4, 0.5) is 0 Å². The average Bonchev–Trinajstić information content (AvgIpc) is 2.30. The Morgan fingerprint density at radius 1 is 1.00 bits per heavy atom. The molecule has 0 aliphatic carbocycles. The van der Waals surface area contributed by atoms with Gasteiger partial charge in [0.25, 0.3) is 0 Å². The van der Waals surface area contributed by atoms with E-state index in [1.807, 2.05) is 12.1 Å². The van der Waals surface area contributed by atoms with Gasteiger partial charge in [0.15, 0.2) is 0 Å². The maximum atomic E-state index is 3.39. The van der Waals surface area contributed by atoms with Crippen molar-refractivity contribution in [1.82, 2.24) is 0 Å². The quantitative estimate of drug-likeness (QED) is 0.746. The van der Waals surface area contributed by atoms with Gasteiger partial charge in [0.2, 0.25) is 0 Å². The van der Waals surface area contributed by atoms with Crippen LogP contribution < -0.4 is 0 Å². The number of rotatable bonds is 2. The van der Waals surface area contributed by atoms with Crippen LogP contribution in [0, 0.1) is 6.07 Å². The van der Waals surface area contributed by atoms with Crippen molar-refractivity contribution in [3.63, 3.8) is 0 Å². The molecule has 0 bridgehead atoms. The molecule has 0 aliphatic heterocycles. The second-order valence-electron chi connectivity index (χ2n) is 3.48. The van der Waals surface area contributed by atoms with E-state index in [1.165, 1.54) is 16.7 Å². The summed E-state index contributed by atoms with van der Waals surface area (Å²) < 4.78 is 0.997. The predicted octanol–water partition coefficient (Wildman–Crippen LogP) is 4.48. The summed E-state index contributed by atoms with van der Waals surface area (Å²) in [6.07, 6.45) is 1.09. The molecule has 0 spiro atoms. The first-order valence-corrected chi connectivity index (χ1v) is 5.85. The highest BCUT2D eigenvalue weighted by atomic mass is 79.9. The molecule has 0 saturated heterocycles. The first-order valence-electron chi connectivity index (χ1n) is 5.06. The van der Waals surface area contributed by atoms with Crippen molar-refractivity contribution in [2.24, 2.45) is 0 Å². The molecule has 0 atom stereocenters. The third-order valence-corrected chi connectivity index (χ3v) is 2.96. The van der Waals surface area contributed by atoms with E-state index in [4.69, 9.17) is 0 Å². The summed E-state index contributed by atoms with van der Waals surface area (Å²) in [4.78, 5) is 0. The standard InChI is InChI=1S/C14H12Br/c1-2-11-3-5-12(6-4-11)13-7-9-14(15)10-8-13/h3-9H,2H2,1H3. The molecular formula is C14H12Br. The third kappa shape index (κ3) is 2.48. The highest BCUT2D eigenvalue weighted by Gasteiger charge is 1.97. The number of hydrogen-bond acceptors (Lipinski definition) is 0. The lowest BCUT2D eigenvalue weighted by atomic mass is 10.0. The van der Waals surface area contributed by atoms with Gasteiger partial charge in [-0.3, -0.25) is 0 Å². The molecule has 2 aromatic rings. The molecule has 0 heterocycles. The monoisotopic (exact) mass is 259 g/mol. The van der Waals surface area contributed by atoms with E-state index in [2.05, 4.69) is 59.3 Å². The zero-order chi connectivity index (χ0) is 10.7. The molecule has 0 aromatic heterocycles. The van der Waals surface area contributed by atoms with Crippen LogP contribution in [-0.4, -0.2) is 0 Å². The van der Waals surface area contributed by atoms with E-state index >= 15 is 0 Å². The zero-order valence-corrected chi connectivity index (χ0v) is 10.2. The molecule has 1 heteroatoms. The van der Waals surface area contributed by atoms with Gasteiger partial charge < -0.3 is 0 Å². The van der Waals surface area contributed by atoms with E-state index in [0.717, 1.165) is 10.9 Å². The van der Waals surface area contributed by atoms with Crippen LogP contribution in [0.2, 0.25) is 0 Å². The van der Waals surface area contributed by atoms with Crippen molar-refractivity contribution >= 4 is 15.9 Å². The summed E-state index contributed by atoms with van der Waals surface area (Å²) in [5, 5.41) is 0. The molecule has 0 saturated carbocycles. The van der Waals surface area contributed by atoms with E-state index in [-0.39, 0.29) is 0 Å². The Bertz CT molecular complexity index is 426. The van der Waals surface area contributed by atoms with Crippen LogP contribution in [0.25, 0.3) is 11.1 Å². The molecular weight excluding hydrogens is 248 g/mol. The fourth-order valence-electron chi connectivity index (χ4n) is 1.52.